The molecule has 4 saturated heterocycles. The summed E-state index contributed by atoms with van der Waals surface area (Å²) >= 11 is 0. The standard InChI is InChI=1S/C29H38N4O4.C29H39N3O3.HNO2.Na/c1-2-37-29(35)27(31-36)26-28(34)33(25-10-6-5-9-24(25)30-26)23-16-20-11-12-21(17-23)32(20)22-14-18-7-3-4-8-19(13-18)15-22;1-2-35-28(33)18-26-29(34)32(27-10-6-5-9-25(27)30-26)24-16-21-11-12-22(17-24)31(21)23-14-19-7-3-4-8-20(13-19)15-23;2-1-3;/h5-6,9-10,18-23,36H,2-4,7-8,11-17H2,1H3;5-6,9-10,19-24H,2-4,7-8,11-18H2,1H3;(H,2,3);/q;;;+1/p-1/t18?,19?,20-,21+,22?,23?;19?,20?,21-,22+,23?,24?;;. The first-order valence-corrected chi connectivity index (χ1v) is 28.7. The third-order valence-electron chi connectivity index (χ3n) is 18.9. The van der Waals surface area contributed by atoms with E-state index in [1.165, 1.54) is 116 Å². The Labute approximate surface area is 467 Å². The maximum absolute atomic E-state index is 13.9. The van der Waals surface area contributed by atoms with Crippen LogP contribution in [-0.2, 0) is 25.5 Å². The van der Waals surface area contributed by atoms with E-state index in [4.69, 9.17) is 19.6 Å². The van der Waals surface area contributed by atoms with Gasteiger partial charge in [-0.05, 0) is 152 Å². The number of rotatable bonds is 10. The molecule has 8 fully saturated rings. The van der Waals surface area contributed by atoms with Crippen LogP contribution in [0.3, 0.4) is 0 Å². The first-order chi connectivity index (χ1) is 36.6. The normalized spacial score (nSPS) is 31.1. The van der Waals surface area contributed by atoms with Crippen LogP contribution in [0.25, 0.3) is 22.1 Å². The van der Waals surface area contributed by atoms with Crippen LogP contribution in [0.4, 0.5) is 0 Å². The molecular formula is C58H77N8NaO9. The van der Waals surface area contributed by atoms with Gasteiger partial charge < -0.3 is 33.9 Å². The van der Waals surface area contributed by atoms with Crippen LogP contribution in [0, 0.1) is 33.8 Å². The maximum Gasteiger partial charge on any atom is 1.00 e. The number of esters is 2. The van der Waals surface area contributed by atoms with Gasteiger partial charge in [-0.1, -0.05) is 80.8 Å². The maximum atomic E-state index is 13.9. The van der Waals surface area contributed by atoms with Gasteiger partial charge in [0, 0.05) is 48.3 Å². The average Bonchev–Trinajstić information content (AvgIpc) is 3.68. The summed E-state index contributed by atoms with van der Waals surface area (Å²) in [7, 11) is 0. The molecule has 12 rings (SSSR count). The number of piperidine rings is 2. The van der Waals surface area contributed by atoms with Gasteiger partial charge in [-0.25, -0.2) is 14.8 Å². The third kappa shape index (κ3) is 11.9. The number of nitrogens with zero attached hydrogens (tertiary/aromatic N) is 8. The fourth-order valence-corrected chi connectivity index (χ4v) is 16.3. The zero-order chi connectivity index (χ0) is 52.2. The molecule has 18 heteroatoms. The summed E-state index contributed by atoms with van der Waals surface area (Å²) in [5.74, 6) is 2.40. The molecule has 1 N–H and O–H groups in total. The monoisotopic (exact) mass is 1050 g/mol. The van der Waals surface area contributed by atoms with Gasteiger partial charge in [0.2, 0.25) is 5.71 Å². The Morgan fingerprint density at radius 2 is 0.987 bits per heavy atom. The fourth-order valence-electron chi connectivity index (χ4n) is 16.3. The smallest absolute Gasteiger partial charge is 0.466 e. The van der Waals surface area contributed by atoms with Crippen molar-refractivity contribution < 1.29 is 53.8 Å². The van der Waals surface area contributed by atoms with E-state index in [-0.39, 0.29) is 77.5 Å². The Bertz CT molecular complexity index is 2790. The summed E-state index contributed by atoms with van der Waals surface area (Å²) in [5.41, 5.74) is 2.28. The van der Waals surface area contributed by atoms with Gasteiger partial charge >= 0.3 is 41.5 Å². The van der Waals surface area contributed by atoms with Crippen molar-refractivity contribution in [2.75, 3.05) is 13.2 Å². The quantitative estimate of drug-likeness (QED) is 0.0426. The van der Waals surface area contributed by atoms with Gasteiger partial charge in [-0.15, -0.1) is 5.34 Å². The molecule has 0 spiro atoms. The zero-order valence-corrected chi connectivity index (χ0v) is 47.0. The second-order valence-electron chi connectivity index (χ2n) is 23.2. The minimum absolute atomic E-state index is 0. The van der Waals surface area contributed by atoms with Crippen molar-refractivity contribution in [3.8, 4) is 0 Å². The number of ether oxygens (including phenoxy) is 2. The van der Waals surface area contributed by atoms with E-state index in [2.05, 4.69) is 24.9 Å². The second kappa shape index (κ2) is 25.5. The van der Waals surface area contributed by atoms with Crippen LogP contribution in [0.2, 0.25) is 0 Å². The largest absolute Gasteiger partial charge is 1.00 e. The van der Waals surface area contributed by atoms with Gasteiger partial charge in [0.05, 0.1) is 41.7 Å². The molecule has 0 amide bonds. The van der Waals surface area contributed by atoms with E-state index in [9.17, 15) is 24.4 Å². The SMILES string of the molecule is CCOC(=O)C(=NO)c1nc2ccccc2n(C2C[C@H]3CC[C@@H](C2)N3C2CC3CCCCC(C3)C2)c1=O.CCOC(=O)Cc1nc2ccccc2n(C2C[C@H]3CC[C@@H](C2)N3C2CC3CCCCC(C3)C2)c1=O.O=N[O-].[Na+]. The molecule has 4 aliphatic heterocycles. The van der Waals surface area contributed by atoms with E-state index < -0.39 is 11.7 Å². The molecule has 404 valence electrons. The molecule has 8 aliphatic rings. The summed E-state index contributed by atoms with van der Waals surface area (Å²) in [4.78, 5) is 75.1. The molecule has 4 aromatic rings. The van der Waals surface area contributed by atoms with Crippen molar-refractivity contribution >= 4 is 39.7 Å². The average molecular weight is 1050 g/mol. The van der Waals surface area contributed by atoms with E-state index in [0.29, 0.717) is 48.0 Å². The fraction of sp³-hybridized carbons (Fsp3) is 0.672. The van der Waals surface area contributed by atoms with Gasteiger partial charge in [0.1, 0.15) is 5.69 Å². The van der Waals surface area contributed by atoms with Crippen molar-refractivity contribution in [1.82, 2.24) is 28.9 Å². The topological polar surface area (TPSA) is 214 Å². The van der Waals surface area contributed by atoms with Crippen molar-refractivity contribution in [3.63, 3.8) is 0 Å². The van der Waals surface area contributed by atoms with Crippen LogP contribution in [-0.4, -0.2) is 101 Å². The Morgan fingerprint density at radius 1 is 0.579 bits per heavy atom. The number of para-hydroxylation sites is 4. The van der Waals surface area contributed by atoms with Crippen molar-refractivity contribution in [3.05, 3.63) is 90.7 Å². The number of carbonyl (C=O) groups is 2. The molecule has 6 heterocycles. The number of oxime groups is 1. The van der Waals surface area contributed by atoms with Gasteiger partial charge in [-0.3, -0.25) is 24.2 Å². The van der Waals surface area contributed by atoms with Gasteiger partial charge in [0.25, 0.3) is 11.1 Å². The first-order valence-electron chi connectivity index (χ1n) is 28.7. The summed E-state index contributed by atoms with van der Waals surface area (Å²) in [6, 6.07) is 19.1. The van der Waals surface area contributed by atoms with Gasteiger partial charge in [0.15, 0.2) is 5.69 Å². The molecule has 17 nitrogen and oxygen atoms in total. The summed E-state index contributed by atoms with van der Waals surface area (Å²) in [6.45, 7) is 3.88. The number of benzene rings is 2. The molecule has 6 unspecified atom stereocenters. The van der Waals surface area contributed by atoms with E-state index in [1.54, 1.807) is 13.8 Å². The van der Waals surface area contributed by atoms with Crippen LogP contribution < -0.4 is 40.7 Å². The molecule has 2 aromatic heterocycles. The number of hydrogen-bond donors (Lipinski definition) is 1. The summed E-state index contributed by atoms with van der Waals surface area (Å²) in [5, 5.41) is 21.8. The molecule has 4 saturated carbocycles. The zero-order valence-electron chi connectivity index (χ0n) is 45.0. The second-order valence-corrected chi connectivity index (χ2v) is 23.2. The predicted molar refractivity (Wildman–Crippen MR) is 286 cm³/mol. The molecule has 76 heavy (non-hydrogen) atoms. The van der Waals surface area contributed by atoms with Crippen LogP contribution in [0.15, 0.2) is 68.6 Å². The minimum atomic E-state index is -0.843. The Morgan fingerprint density at radius 3 is 1.41 bits per heavy atom. The molecule has 4 aliphatic carbocycles. The number of hydrogen-bond acceptors (Lipinski definition) is 15. The number of fused-ring (bicyclic) bond motifs is 10. The Kier molecular flexibility index (Phi) is 18.8. The third-order valence-corrected chi connectivity index (χ3v) is 18.9. The molecule has 8 bridgehead atoms. The van der Waals surface area contributed by atoms with Crippen LogP contribution >= 0.6 is 0 Å². The van der Waals surface area contributed by atoms with E-state index in [0.717, 1.165) is 77.3 Å². The summed E-state index contributed by atoms with van der Waals surface area (Å²) in [6.07, 6.45) is 28.3. The number of carbonyl (C=O) groups excluding carboxylic acids is 2. The minimum Gasteiger partial charge on any atom is -0.466 e. The van der Waals surface area contributed by atoms with Crippen molar-refractivity contribution in [2.24, 2.45) is 34.2 Å². The predicted octanol–water partition coefficient (Wildman–Crippen LogP) is 6.95. The summed E-state index contributed by atoms with van der Waals surface area (Å²) < 4.78 is 14.0. The van der Waals surface area contributed by atoms with Gasteiger partial charge in [-0.2, -0.15) is 0 Å². The van der Waals surface area contributed by atoms with Crippen LogP contribution in [0.5, 0.6) is 0 Å². The molecule has 0 radical (unpaired) electrons. The Balaban J connectivity index is 0.000000175. The van der Waals surface area contributed by atoms with E-state index >= 15 is 0 Å². The van der Waals surface area contributed by atoms with Crippen molar-refractivity contribution in [1.29, 1.82) is 0 Å². The Hall–Kier alpha value is -4.55. The number of aromatic nitrogens is 4. The molecular weight excluding hydrogens is 976 g/mol. The first kappa shape index (κ1) is 56.2. The van der Waals surface area contributed by atoms with Crippen LogP contribution in [0.1, 0.15) is 179 Å². The van der Waals surface area contributed by atoms with Crippen molar-refractivity contribution in [2.45, 2.75) is 210 Å². The molecule has 10 atom stereocenters. The molecule has 2 aromatic carbocycles. The van der Waals surface area contributed by atoms with E-state index in [1.807, 2.05) is 57.7 Å².